The number of quaternary nitrogens is 2. The Morgan fingerprint density at radius 2 is 1.53 bits per heavy atom. The summed E-state index contributed by atoms with van der Waals surface area (Å²) in [5.74, 6) is -2.42. The van der Waals surface area contributed by atoms with Gasteiger partial charge >= 0.3 is 5.97 Å². The summed E-state index contributed by atoms with van der Waals surface area (Å²) >= 11 is 0. The van der Waals surface area contributed by atoms with Gasteiger partial charge < -0.3 is 50.8 Å². The van der Waals surface area contributed by atoms with E-state index in [4.69, 9.17) is 18.9 Å². The summed E-state index contributed by atoms with van der Waals surface area (Å²) in [7, 11) is 0. The Bertz CT molecular complexity index is 589. The van der Waals surface area contributed by atoms with Crippen LogP contribution < -0.4 is 11.5 Å². The van der Waals surface area contributed by atoms with Gasteiger partial charge in [-0.15, -0.1) is 0 Å². The molecule has 12 nitrogen and oxygen atoms in total. The minimum atomic E-state index is -1.09. The molecule has 0 spiro atoms. The van der Waals surface area contributed by atoms with E-state index >= 15 is 0 Å². The Kier molecular flexibility index (Phi) is 9.09. The van der Waals surface area contributed by atoms with Crippen molar-refractivity contribution in [3.63, 3.8) is 0 Å². The molecular weight excluding hydrogens is 404 g/mol. The third kappa shape index (κ3) is 5.52. The van der Waals surface area contributed by atoms with E-state index in [9.17, 15) is 30.0 Å². The molecule has 174 valence electrons. The van der Waals surface area contributed by atoms with Gasteiger partial charge in [0.25, 0.3) is 6.29 Å². The Morgan fingerprint density at radius 3 is 2.07 bits per heavy atom. The molecule has 0 radical (unpaired) electrons. The molecular formula is C18H34N2O10+2. The largest absolute Gasteiger partial charge is 0.429 e. The summed E-state index contributed by atoms with van der Waals surface area (Å²) in [5, 5.41) is 40.1. The van der Waals surface area contributed by atoms with E-state index in [2.05, 4.69) is 11.5 Å². The highest BCUT2D eigenvalue weighted by molar-refractivity contribution is 5.79. The van der Waals surface area contributed by atoms with Crippen LogP contribution in [0.4, 0.5) is 0 Å². The van der Waals surface area contributed by atoms with Gasteiger partial charge in [0.15, 0.2) is 6.04 Å². The predicted molar refractivity (Wildman–Crippen MR) is 97.1 cm³/mol. The minimum Gasteiger partial charge on any atom is -0.429 e. The second-order valence-electron chi connectivity index (χ2n) is 7.88. The molecule has 10 N–H and O–H groups in total. The number of rotatable bonds is 8. The number of aliphatic hydroxyl groups is 4. The van der Waals surface area contributed by atoms with Crippen molar-refractivity contribution in [2.75, 3.05) is 26.4 Å². The number of aliphatic hydroxyl groups excluding tert-OH is 4. The zero-order valence-corrected chi connectivity index (χ0v) is 17.3. The van der Waals surface area contributed by atoms with E-state index in [0.29, 0.717) is 0 Å². The van der Waals surface area contributed by atoms with Crippen molar-refractivity contribution in [1.82, 2.24) is 0 Å². The molecule has 12 heteroatoms. The van der Waals surface area contributed by atoms with Gasteiger partial charge in [-0.05, 0) is 6.92 Å². The van der Waals surface area contributed by atoms with Crippen LogP contribution in [0.1, 0.15) is 13.8 Å². The Labute approximate surface area is 174 Å². The monoisotopic (exact) mass is 438 g/mol. The number of Topliss-reactive ketones (excluding diaryl/α,β-unsaturated/α-hetero) is 1. The van der Waals surface area contributed by atoms with Crippen LogP contribution in [0.25, 0.3) is 0 Å². The van der Waals surface area contributed by atoms with Gasteiger partial charge in [-0.2, -0.15) is 0 Å². The zero-order chi connectivity index (χ0) is 22.6. The van der Waals surface area contributed by atoms with Crippen LogP contribution >= 0.6 is 0 Å². The summed E-state index contributed by atoms with van der Waals surface area (Å²) in [5.41, 5.74) is 7.64. The summed E-state index contributed by atoms with van der Waals surface area (Å²) in [6.45, 7) is 1.60. The topological polar surface area (TPSA) is 207 Å². The van der Waals surface area contributed by atoms with Crippen LogP contribution in [0.15, 0.2) is 0 Å². The van der Waals surface area contributed by atoms with Gasteiger partial charge in [-0.25, -0.2) is 0 Å². The molecule has 2 fully saturated rings. The zero-order valence-electron chi connectivity index (χ0n) is 17.3. The van der Waals surface area contributed by atoms with Crippen LogP contribution in [-0.2, 0) is 28.5 Å². The average Bonchev–Trinajstić information content (AvgIpc) is 2.69. The molecule has 2 rings (SSSR count). The molecule has 0 aromatic heterocycles. The molecule has 2 aliphatic heterocycles. The first-order chi connectivity index (χ1) is 14.1. The number of carbonyl (C=O) groups is 2. The van der Waals surface area contributed by atoms with Crippen molar-refractivity contribution < 1.29 is 60.4 Å². The fourth-order valence-corrected chi connectivity index (χ4v) is 3.99. The Hall–Kier alpha value is -1.22. The van der Waals surface area contributed by atoms with E-state index < -0.39 is 79.9 Å². The lowest BCUT2D eigenvalue weighted by Gasteiger charge is -2.41. The van der Waals surface area contributed by atoms with Crippen LogP contribution in [0.2, 0.25) is 0 Å². The quantitative estimate of drug-likeness (QED) is 0.198. The molecule has 10 atom stereocenters. The minimum absolute atomic E-state index is 0.0249. The fraction of sp³-hybridized carbons (Fsp3) is 0.889. The number of carbonyl (C=O) groups excluding carboxylic acids is 2. The molecule has 2 saturated heterocycles. The molecule has 10 unspecified atom stereocenters. The molecule has 30 heavy (non-hydrogen) atoms. The van der Waals surface area contributed by atoms with Gasteiger partial charge in [-0.1, -0.05) is 0 Å². The van der Waals surface area contributed by atoms with Gasteiger partial charge in [0.05, 0.1) is 44.6 Å². The number of hydrogen-bond donors (Lipinski definition) is 6. The maximum Gasteiger partial charge on any atom is 0.305 e. The van der Waals surface area contributed by atoms with Gasteiger partial charge in [0.2, 0.25) is 0 Å². The van der Waals surface area contributed by atoms with E-state index in [-0.39, 0.29) is 19.0 Å². The normalized spacial score (nSPS) is 42.0. The summed E-state index contributed by atoms with van der Waals surface area (Å²) in [4.78, 5) is 23.0. The van der Waals surface area contributed by atoms with Crippen molar-refractivity contribution in [1.29, 1.82) is 0 Å². The van der Waals surface area contributed by atoms with Crippen LogP contribution in [0, 0.1) is 11.8 Å². The number of ether oxygens (including phenoxy) is 4. The molecule has 0 aromatic rings. The molecule has 0 amide bonds. The van der Waals surface area contributed by atoms with Gasteiger partial charge in [0.1, 0.15) is 30.1 Å². The Balaban J connectivity index is 1.96. The summed E-state index contributed by atoms with van der Waals surface area (Å²) in [6, 6.07) is -1.45. The molecule has 0 saturated carbocycles. The van der Waals surface area contributed by atoms with E-state index in [0.717, 1.165) is 0 Å². The second kappa shape index (κ2) is 10.9. The maximum absolute atomic E-state index is 11.8. The van der Waals surface area contributed by atoms with Crippen LogP contribution in [0.5, 0.6) is 0 Å². The van der Waals surface area contributed by atoms with Crippen molar-refractivity contribution in [2.45, 2.75) is 62.7 Å². The van der Waals surface area contributed by atoms with E-state index in [1.165, 1.54) is 13.8 Å². The third-order valence-corrected chi connectivity index (χ3v) is 5.75. The summed E-state index contributed by atoms with van der Waals surface area (Å²) in [6.07, 6.45) is -5.65. The van der Waals surface area contributed by atoms with E-state index in [1.54, 1.807) is 0 Å². The SMILES string of the molecule is CC(=O)OC1OC(CO)C(COCC2OC(CO)C(C(C)=O)C(O)C2[NH3+])C(O)C1[NH3+]. The van der Waals surface area contributed by atoms with Crippen LogP contribution in [-0.4, -0.2) is 107 Å². The van der Waals surface area contributed by atoms with Crippen molar-refractivity contribution in [3.05, 3.63) is 0 Å². The molecule has 2 aliphatic rings. The molecule has 0 bridgehead atoms. The fourth-order valence-electron chi connectivity index (χ4n) is 3.99. The Morgan fingerprint density at radius 1 is 0.900 bits per heavy atom. The first-order valence-corrected chi connectivity index (χ1v) is 9.92. The number of esters is 1. The standard InChI is InChI=1S/C18H32N2O10/c1-7(23)13-11(4-22)29-12(14(19)17(13)26)6-27-5-9-10(3-21)30-18(28-8(2)24)15(20)16(9)25/h9-18,21-22,25-26H,3-6,19-20H2,1-2H3/p+2. The highest BCUT2D eigenvalue weighted by Crippen LogP contribution is 2.28. The number of ketones is 1. The molecule has 2 heterocycles. The molecule has 0 aromatic carbocycles. The van der Waals surface area contributed by atoms with Crippen LogP contribution in [0.3, 0.4) is 0 Å². The maximum atomic E-state index is 11.8. The number of hydrogen-bond acceptors (Lipinski definition) is 10. The smallest absolute Gasteiger partial charge is 0.305 e. The van der Waals surface area contributed by atoms with Crippen molar-refractivity contribution in [2.24, 2.45) is 11.8 Å². The lowest BCUT2D eigenvalue weighted by atomic mass is 9.83. The summed E-state index contributed by atoms with van der Waals surface area (Å²) < 4.78 is 21.9. The van der Waals surface area contributed by atoms with Crippen molar-refractivity contribution in [3.8, 4) is 0 Å². The van der Waals surface area contributed by atoms with Gasteiger partial charge in [0, 0.05) is 12.8 Å². The first kappa shape index (κ1) is 25.0. The van der Waals surface area contributed by atoms with E-state index in [1.807, 2.05) is 0 Å². The predicted octanol–water partition coefficient (Wildman–Crippen LogP) is -5.19. The average molecular weight is 438 g/mol. The lowest BCUT2D eigenvalue weighted by molar-refractivity contribution is -0.496. The van der Waals surface area contributed by atoms with Crippen molar-refractivity contribution >= 4 is 11.8 Å². The highest BCUT2D eigenvalue weighted by Gasteiger charge is 2.49. The van der Waals surface area contributed by atoms with Gasteiger partial charge in [-0.3, -0.25) is 9.59 Å². The highest BCUT2D eigenvalue weighted by atomic mass is 16.7. The lowest BCUT2D eigenvalue weighted by Crippen LogP contribution is -2.78. The second-order valence-corrected chi connectivity index (χ2v) is 7.88. The first-order valence-electron chi connectivity index (χ1n) is 9.92. The third-order valence-electron chi connectivity index (χ3n) is 5.75. The molecule has 0 aliphatic carbocycles.